The zero-order chi connectivity index (χ0) is 17.9. The van der Waals surface area contributed by atoms with Crippen molar-refractivity contribution in [3.05, 3.63) is 35.9 Å². The summed E-state index contributed by atoms with van der Waals surface area (Å²) in [6.07, 6.45) is 9.68. The molecule has 5 nitrogen and oxygen atoms in total. The van der Waals surface area contributed by atoms with E-state index in [0.29, 0.717) is 5.92 Å². The lowest BCUT2D eigenvalue weighted by Gasteiger charge is -2.29. The first kappa shape index (κ1) is 18.1. The molecule has 1 aromatic carbocycles. The van der Waals surface area contributed by atoms with E-state index in [4.69, 9.17) is 0 Å². The van der Waals surface area contributed by atoms with E-state index in [1.807, 2.05) is 0 Å². The molecule has 0 radical (unpaired) electrons. The monoisotopic (exact) mass is 362 g/mol. The number of carbonyl (C=O) groups excluding carboxylic acids is 1. The molecule has 0 bridgehead atoms. The van der Waals surface area contributed by atoms with Gasteiger partial charge in [0.2, 0.25) is 15.9 Å². The third kappa shape index (κ3) is 5.16. The van der Waals surface area contributed by atoms with E-state index in [-0.39, 0.29) is 22.9 Å². The summed E-state index contributed by atoms with van der Waals surface area (Å²) in [5.41, 5.74) is 0.803. The average molecular weight is 362 g/mol. The second kappa shape index (κ2) is 7.70. The molecule has 0 heterocycles. The first-order valence-corrected chi connectivity index (χ1v) is 10.5. The van der Waals surface area contributed by atoms with Crippen LogP contribution in [0.1, 0.15) is 51.0 Å². The van der Waals surface area contributed by atoms with E-state index in [1.165, 1.54) is 25.3 Å². The van der Waals surface area contributed by atoms with Gasteiger partial charge in [0, 0.05) is 18.2 Å². The van der Waals surface area contributed by atoms with Crippen LogP contribution >= 0.6 is 0 Å². The van der Waals surface area contributed by atoms with Crippen LogP contribution in [0.15, 0.2) is 35.2 Å². The number of hydrogen-bond donors (Lipinski definition) is 2. The third-order valence-electron chi connectivity index (χ3n) is 4.96. The van der Waals surface area contributed by atoms with Crippen molar-refractivity contribution in [3.63, 3.8) is 0 Å². The smallest absolute Gasteiger partial charge is 0.244 e. The van der Waals surface area contributed by atoms with Gasteiger partial charge in [0.15, 0.2) is 0 Å². The molecule has 2 saturated carbocycles. The van der Waals surface area contributed by atoms with Crippen LogP contribution in [0.25, 0.3) is 6.08 Å². The minimum atomic E-state index is -3.42. The molecule has 3 rings (SSSR count). The third-order valence-corrected chi connectivity index (χ3v) is 6.49. The van der Waals surface area contributed by atoms with Crippen molar-refractivity contribution in [2.75, 3.05) is 0 Å². The second-order valence-corrected chi connectivity index (χ2v) is 8.89. The number of rotatable bonds is 6. The van der Waals surface area contributed by atoms with Gasteiger partial charge in [-0.2, -0.15) is 0 Å². The van der Waals surface area contributed by atoms with Crippen molar-refractivity contribution in [1.82, 2.24) is 10.0 Å². The van der Waals surface area contributed by atoms with Gasteiger partial charge < -0.3 is 5.32 Å². The van der Waals surface area contributed by atoms with Gasteiger partial charge in [0.25, 0.3) is 0 Å². The Morgan fingerprint density at radius 3 is 2.40 bits per heavy atom. The minimum absolute atomic E-state index is 0.0918. The van der Waals surface area contributed by atoms with Crippen LogP contribution in [0, 0.1) is 5.92 Å². The van der Waals surface area contributed by atoms with Crippen molar-refractivity contribution >= 4 is 22.0 Å². The molecule has 2 N–H and O–H groups in total. The summed E-state index contributed by atoms with van der Waals surface area (Å²) >= 11 is 0. The predicted octanol–water partition coefficient (Wildman–Crippen LogP) is 2.84. The molecule has 2 unspecified atom stereocenters. The molecule has 0 spiro atoms. The van der Waals surface area contributed by atoms with Crippen LogP contribution in [-0.2, 0) is 14.8 Å². The molecule has 2 aliphatic rings. The van der Waals surface area contributed by atoms with E-state index < -0.39 is 10.0 Å². The van der Waals surface area contributed by atoms with Crippen LogP contribution in [-0.4, -0.2) is 26.4 Å². The summed E-state index contributed by atoms with van der Waals surface area (Å²) < 4.78 is 26.9. The highest BCUT2D eigenvalue weighted by Crippen LogP contribution is 2.24. The van der Waals surface area contributed by atoms with Crippen LogP contribution in [0.2, 0.25) is 0 Å². The highest BCUT2D eigenvalue weighted by Gasteiger charge is 2.27. The number of sulfonamides is 1. The first-order chi connectivity index (χ1) is 11.9. The number of hydrogen-bond acceptors (Lipinski definition) is 3. The Labute approximate surface area is 149 Å². The molecule has 136 valence electrons. The van der Waals surface area contributed by atoms with Crippen molar-refractivity contribution in [2.24, 2.45) is 5.92 Å². The van der Waals surface area contributed by atoms with Crippen LogP contribution in [0.5, 0.6) is 0 Å². The lowest BCUT2D eigenvalue weighted by atomic mass is 9.86. The summed E-state index contributed by atoms with van der Waals surface area (Å²) in [4.78, 5) is 12.3. The van der Waals surface area contributed by atoms with Crippen molar-refractivity contribution in [3.8, 4) is 0 Å². The second-order valence-electron chi connectivity index (χ2n) is 7.17. The zero-order valence-electron chi connectivity index (χ0n) is 14.6. The SMILES string of the molecule is CC1CCCCC1NC(=O)C=Cc1ccc(S(=O)(=O)NC2CC2)cc1. The largest absolute Gasteiger partial charge is 0.350 e. The van der Waals surface area contributed by atoms with Crippen LogP contribution in [0.3, 0.4) is 0 Å². The van der Waals surface area contributed by atoms with E-state index in [1.54, 1.807) is 30.3 Å². The molecular weight excluding hydrogens is 336 g/mol. The molecule has 1 aromatic rings. The van der Waals surface area contributed by atoms with E-state index in [2.05, 4.69) is 17.0 Å². The Hall–Kier alpha value is -1.66. The van der Waals surface area contributed by atoms with Crippen molar-refractivity contribution in [1.29, 1.82) is 0 Å². The molecule has 1 amide bonds. The summed E-state index contributed by atoms with van der Waals surface area (Å²) in [7, 11) is -3.42. The molecular formula is C19H26N2O3S. The standard InChI is InChI=1S/C19H26N2O3S/c1-14-4-2-3-5-18(14)20-19(22)13-8-15-6-11-17(12-7-15)25(23,24)21-16-9-10-16/h6-8,11-14,16,18,21H,2-5,9-10H2,1H3,(H,20,22). The van der Waals surface area contributed by atoms with Crippen molar-refractivity contribution < 1.29 is 13.2 Å². The molecule has 6 heteroatoms. The van der Waals surface area contributed by atoms with Gasteiger partial charge >= 0.3 is 0 Å². The van der Waals surface area contributed by atoms with E-state index in [9.17, 15) is 13.2 Å². The molecule has 0 aliphatic heterocycles. The zero-order valence-corrected chi connectivity index (χ0v) is 15.4. The van der Waals surface area contributed by atoms with Gasteiger partial charge in [-0.05, 0) is 55.4 Å². The van der Waals surface area contributed by atoms with Gasteiger partial charge in [-0.3, -0.25) is 4.79 Å². The van der Waals surface area contributed by atoms with E-state index >= 15 is 0 Å². The fourth-order valence-corrected chi connectivity index (χ4v) is 4.49. The number of benzene rings is 1. The molecule has 0 aromatic heterocycles. The minimum Gasteiger partial charge on any atom is -0.350 e. The molecule has 2 fully saturated rings. The fraction of sp³-hybridized carbons (Fsp3) is 0.526. The van der Waals surface area contributed by atoms with Crippen LogP contribution in [0.4, 0.5) is 0 Å². The number of amides is 1. The topological polar surface area (TPSA) is 75.3 Å². The Balaban J connectivity index is 1.56. The maximum atomic E-state index is 12.1. The molecule has 2 aliphatic carbocycles. The van der Waals surface area contributed by atoms with Gasteiger partial charge in [0.1, 0.15) is 0 Å². The first-order valence-electron chi connectivity index (χ1n) is 9.05. The normalized spacial score (nSPS) is 24.4. The molecule has 25 heavy (non-hydrogen) atoms. The number of nitrogens with one attached hydrogen (secondary N) is 2. The Morgan fingerprint density at radius 1 is 1.08 bits per heavy atom. The molecule has 0 saturated heterocycles. The lowest BCUT2D eigenvalue weighted by Crippen LogP contribution is -2.40. The van der Waals surface area contributed by atoms with Gasteiger partial charge in [0.05, 0.1) is 4.90 Å². The summed E-state index contributed by atoms with van der Waals surface area (Å²) in [5.74, 6) is 0.431. The Morgan fingerprint density at radius 2 is 1.76 bits per heavy atom. The Kier molecular flexibility index (Phi) is 5.59. The highest BCUT2D eigenvalue weighted by molar-refractivity contribution is 7.89. The van der Waals surface area contributed by atoms with E-state index in [0.717, 1.165) is 24.8 Å². The summed E-state index contributed by atoms with van der Waals surface area (Å²) in [6.45, 7) is 2.18. The summed E-state index contributed by atoms with van der Waals surface area (Å²) in [6, 6.07) is 6.93. The maximum absolute atomic E-state index is 12.1. The van der Waals surface area contributed by atoms with Gasteiger partial charge in [-0.15, -0.1) is 0 Å². The van der Waals surface area contributed by atoms with Crippen LogP contribution < -0.4 is 10.0 Å². The number of carbonyl (C=O) groups is 1. The predicted molar refractivity (Wildman–Crippen MR) is 98.4 cm³/mol. The lowest BCUT2D eigenvalue weighted by molar-refractivity contribution is -0.117. The maximum Gasteiger partial charge on any atom is 0.244 e. The van der Waals surface area contributed by atoms with Crippen molar-refractivity contribution in [2.45, 2.75) is 62.4 Å². The highest BCUT2D eigenvalue weighted by atomic mass is 32.2. The fourth-order valence-electron chi connectivity index (χ4n) is 3.18. The van der Waals surface area contributed by atoms with Gasteiger partial charge in [-0.1, -0.05) is 31.9 Å². The Bertz CT molecular complexity index is 736. The van der Waals surface area contributed by atoms with Gasteiger partial charge in [-0.25, -0.2) is 13.1 Å². The average Bonchev–Trinajstić information content (AvgIpc) is 3.39. The summed E-state index contributed by atoms with van der Waals surface area (Å²) in [5, 5.41) is 3.07. The molecule has 2 atom stereocenters. The quantitative estimate of drug-likeness (QED) is 0.764.